The molecule has 0 aliphatic rings. The van der Waals surface area contributed by atoms with Gasteiger partial charge < -0.3 is 18.5 Å². The largest absolute Gasteiger partial charge is 0.478 e. The topological polar surface area (TPSA) is 137 Å². The first-order chi connectivity index (χ1) is 16.1. The van der Waals surface area contributed by atoms with Crippen molar-refractivity contribution in [2.24, 2.45) is 0 Å². The van der Waals surface area contributed by atoms with E-state index in [1.165, 1.54) is 30.5 Å². The molecule has 0 spiro atoms. The molecule has 2 aromatic carbocycles. The second-order valence-electron chi connectivity index (χ2n) is 6.97. The first kappa shape index (κ1) is 24.7. The molecule has 1 aromatic heterocycles. The Hall–Kier alpha value is -3.90. The van der Waals surface area contributed by atoms with Crippen LogP contribution in [-0.2, 0) is 15.0 Å². The number of ether oxygens (including phenoxy) is 1. The van der Waals surface area contributed by atoms with Crippen LogP contribution in [0.4, 0.5) is 4.39 Å². The molecule has 3 rings (SSSR count). The first-order valence-corrected chi connectivity index (χ1v) is 11.7. The number of hydrogen-bond acceptors (Lipinski definition) is 9. The summed E-state index contributed by atoms with van der Waals surface area (Å²) in [6.45, 7) is 2.26. The maximum absolute atomic E-state index is 13.2. The number of halogens is 1. The van der Waals surface area contributed by atoms with Gasteiger partial charge in [-0.3, -0.25) is 10.3 Å². The third kappa shape index (κ3) is 7.05. The van der Waals surface area contributed by atoms with E-state index in [9.17, 15) is 22.7 Å². The molecule has 0 atom stereocenters. The number of aromatic nitrogens is 1. The number of carbonyl (C=O) groups is 1. The van der Waals surface area contributed by atoms with Crippen molar-refractivity contribution in [2.75, 3.05) is 12.9 Å². The number of nitrogens with one attached hydrogen (secondary N) is 1. The van der Waals surface area contributed by atoms with Gasteiger partial charge in [0.05, 0.1) is 18.4 Å². The lowest BCUT2D eigenvalue weighted by molar-refractivity contribution is 0.0696. The fraction of sp³-hybridized carbons (Fsp3) is 0.182. The molecule has 0 aliphatic carbocycles. The van der Waals surface area contributed by atoms with Gasteiger partial charge >= 0.3 is 16.1 Å². The van der Waals surface area contributed by atoms with Crippen LogP contribution in [0.15, 0.2) is 59.3 Å². The van der Waals surface area contributed by atoms with Gasteiger partial charge in [0.25, 0.3) is 0 Å². The molecule has 3 aromatic rings. The van der Waals surface area contributed by atoms with Gasteiger partial charge in [0.2, 0.25) is 0 Å². The zero-order valence-corrected chi connectivity index (χ0v) is 19.0. The zero-order chi connectivity index (χ0) is 24.7. The molecule has 1 heterocycles. The van der Waals surface area contributed by atoms with E-state index in [-0.39, 0.29) is 34.3 Å². The Morgan fingerprint density at radius 2 is 1.88 bits per heavy atom. The van der Waals surface area contributed by atoms with Crippen LogP contribution in [0.2, 0.25) is 0 Å². The average Bonchev–Trinajstić information content (AvgIpc) is 3.25. The highest BCUT2D eigenvalue weighted by Crippen LogP contribution is 2.26. The minimum atomic E-state index is -3.89. The second-order valence-corrected chi connectivity index (χ2v) is 8.54. The van der Waals surface area contributed by atoms with Gasteiger partial charge in [-0.2, -0.15) is 8.42 Å². The van der Waals surface area contributed by atoms with Crippen molar-refractivity contribution >= 4 is 21.8 Å². The molecule has 0 unspecified atom stereocenters. The van der Waals surface area contributed by atoms with Crippen molar-refractivity contribution in [2.45, 2.75) is 13.3 Å². The number of carboxylic acids is 1. The Labute approximate surface area is 194 Å². The molecule has 34 heavy (non-hydrogen) atoms. The van der Waals surface area contributed by atoms with E-state index >= 15 is 0 Å². The summed E-state index contributed by atoms with van der Waals surface area (Å²) in [5, 5.41) is 13.3. The summed E-state index contributed by atoms with van der Waals surface area (Å²) in [4.78, 5) is 16.7. The van der Waals surface area contributed by atoms with E-state index in [4.69, 9.17) is 18.3 Å². The molecular formula is C22H21FN2O8S. The Morgan fingerprint density at radius 1 is 1.18 bits per heavy atom. The summed E-state index contributed by atoms with van der Waals surface area (Å²) in [5.41, 5.74) is 3.65. The number of benzene rings is 2. The van der Waals surface area contributed by atoms with Crippen LogP contribution in [0.25, 0.3) is 17.0 Å². The predicted molar refractivity (Wildman–Crippen MR) is 119 cm³/mol. The van der Waals surface area contributed by atoms with E-state index in [0.29, 0.717) is 24.3 Å². The van der Waals surface area contributed by atoms with Crippen molar-refractivity contribution in [1.82, 2.24) is 10.6 Å². The number of rotatable bonds is 11. The van der Waals surface area contributed by atoms with Gasteiger partial charge in [-0.15, -0.1) is 0 Å². The van der Waals surface area contributed by atoms with Crippen LogP contribution in [-0.4, -0.2) is 37.5 Å². The number of nitrogens with zero attached hydrogens (tertiary/aromatic N) is 1. The summed E-state index contributed by atoms with van der Waals surface area (Å²) in [7, 11) is -3.89. The maximum Gasteiger partial charge on any atom is 0.335 e. The highest BCUT2D eigenvalue weighted by atomic mass is 32.2. The lowest BCUT2D eigenvalue weighted by atomic mass is 10.1. The van der Waals surface area contributed by atoms with Crippen LogP contribution in [0, 0.1) is 5.82 Å². The standard InChI is InChI=1S/C22H21FN2O8S/c1-3-8-31-24-20(21-12-19(25-32-21)14-4-6-16(23)7-5-14)13-30-17-9-15(22(26)27)10-18(11-17)33-34(2,28)29/h4-7,9-13,24H,3,8H2,1-2H3,(H,26,27). The molecule has 10 nitrogen and oxygen atoms in total. The molecular weight excluding hydrogens is 471 g/mol. The molecule has 180 valence electrons. The minimum absolute atomic E-state index is 0.0217. The lowest BCUT2D eigenvalue weighted by Gasteiger charge is -2.10. The van der Waals surface area contributed by atoms with Crippen molar-refractivity contribution in [3.63, 3.8) is 0 Å². The van der Waals surface area contributed by atoms with E-state index in [0.717, 1.165) is 12.3 Å². The maximum atomic E-state index is 13.2. The van der Waals surface area contributed by atoms with Crippen LogP contribution in [0.5, 0.6) is 11.5 Å². The van der Waals surface area contributed by atoms with Crippen molar-refractivity contribution in [3.05, 3.63) is 71.9 Å². The van der Waals surface area contributed by atoms with Crippen LogP contribution >= 0.6 is 0 Å². The summed E-state index contributed by atoms with van der Waals surface area (Å²) in [6, 6.07) is 10.7. The molecule has 0 amide bonds. The van der Waals surface area contributed by atoms with Gasteiger partial charge in [-0.05, 0) is 42.8 Å². The third-order valence-corrected chi connectivity index (χ3v) is 4.59. The fourth-order valence-corrected chi connectivity index (χ4v) is 3.08. The van der Waals surface area contributed by atoms with Gasteiger partial charge in [0.15, 0.2) is 5.76 Å². The third-order valence-electron chi connectivity index (χ3n) is 4.09. The summed E-state index contributed by atoms with van der Waals surface area (Å²) in [5.74, 6) is -1.75. The van der Waals surface area contributed by atoms with E-state index in [1.54, 1.807) is 18.2 Å². The number of carboxylic acid groups (broad SMARTS) is 1. The molecule has 0 saturated heterocycles. The quantitative estimate of drug-likeness (QED) is 0.176. The van der Waals surface area contributed by atoms with Crippen molar-refractivity contribution in [1.29, 1.82) is 0 Å². The van der Waals surface area contributed by atoms with Crippen molar-refractivity contribution in [3.8, 4) is 22.8 Å². The molecule has 12 heteroatoms. The van der Waals surface area contributed by atoms with Gasteiger partial charge in [-0.25, -0.2) is 9.18 Å². The Balaban J connectivity index is 1.91. The smallest absolute Gasteiger partial charge is 0.335 e. The van der Waals surface area contributed by atoms with Gasteiger partial charge in [0, 0.05) is 17.7 Å². The number of hydroxylamine groups is 1. The van der Waals surface area contributed by atoms with Crippen molar-refractivity contribution < 1.29 is 41.0 Å². The fourth-order valence-electron chi connectivity index (χ4n) is 2.64. The lowest BCUT2D eigenvalue weighted by Crippen LogP contribution is -2.14. The summed E-state index contributed by atoms with van der Waals surface area (Å²) >= 11 is 0. The normalized spacial score (nSPS) is 11.8. The summed E-state index contributed by atoms with van der Waals surface area (Å²) in [6.07, 6.45) is 2.72. The Bertz CT molecular complexity index is 1290. The number of hydrogen-bond donors (Lipinski definition) is 2. The van der Waals surface area contributed by atoms with Crippen LogP contribution in [0.1, 0.15) is 29.5 Å². The van der Waals surface area contributed by atoms with E-state index in [2.05, 4.69) is 10.6 Å². The van der Waals surface area contributed by atoms with E-state index in [1.807, 2.05) is 6.92 Å². The highest BCUT2D eigenvalue weighted by molar-refractivity contribution is 7.86. The molecule has 2 N–H and O–H groups in total. The molecule has 0 saturated carbocycles. The Kier molecular flexibility index (Phi) is 7.87. The van der Waals surface area contributed by atoms with Gasteiger partial charge in [-0.1, -0.05) is 12.1 Å². The summed E-state index contributed by atoms with van der Waals surface area (Å²) < 4.78 is 51.7. The second kappa shape index (κ2) is 10.8. The zero-order valence-electron chi connectivity index (χ0n) is 18.1. The SMILES string of the molecule is CCCONC(=COc1cc(OS(C)(=O)=O)cc(C(=O)O)c1)c1cc(-c2ccc(F)cc2)no1. The highest BCUT2D eigenvalue weighted by Gasteiger charge is 2.15. The predicted octanol–water partition coefficient (Wildman–Crippen LogP) is 3.83. The molecule has 0 bridgehead atoms. The first-order valence-electron chi connectivity index (χ1n) is 9.90. The van der Waals surface area contributed by atoms with Crippen LogP contribution in [0.3, 0.4) is 0 Å². The molecule has 0 aliphatic heterocycles. The van der Waals surface area contributed by atoms with Gasteiger partial charge in [0.1, 0.15) is 35.0 Å². The number of aromatic carboxylic acids is 1. The van der Waals surface area contributed by atoms with Crippen LogP contribution < -0.4 is 14.4 Å². The monoisotopic (exact) mass is 492 g/mol. The molecule has 0 fully saturated rings. The Morgan fingerprint density at radius 3 is 2.53 bits per heavy atom. The molecule has 0 radical (unpaired) electrons. The van der Waals surface area contributed by atoms with E-state index < -0.39 is 16.1 Å². The average molecular weight is 492 g/mol. The minimum Gasteiger partial charge on any atom is -0.478 e.